The molecule has 0 spiro atoms. The van der Waals surface area contributed by atoms with E-state index in [0.29, 0.717) is 6.42 Å². The number of rotatable bonds is 8. The molecule has 154 valence electrons. The molecule has 0 bridgehead atoms. The quantitative estimate of drug-likeness (QED) is 0.404. The van der Waals surface area contributed by atoms with Gasteiger partial charge in [-0.2, -0.15) is 0 Å². The second-order valence-corrected chi connectivity index (χ2v) is 15.1. The summed E-state index contributed by atoms with van der Waals surface area (Å²) < 4.78 is 18.2. The first kappa shape index (κ1) is 23.8. The van der Waals surface area contributed by atoms with Gasteiger partial charge in [-0.25, -0.2) is 0 Å². The minimum Gasteiger partial charge on any atom is -0.413 e. The van der Waals surface area contributed by atoms with Gasteiger partial charge in [-0.05, 0) is 62.6 Å². The minimum absolute atomic E-state index is 0.0638. The summed E-state index contributed by atoms with van der Waals surface area (Å²) in [6.45, 7) is 20.2. The van der Waals surface area contributed by atoms with Crippen molar-refractivity contribution in [1.82, 2.24) is 0 Å². The van der Waals surface area contributed by atoms with E-state index in [9.17, 15) is 4.79 Å². The molecule has 1 aliphatic rings. The Kier molecular flexibility index (Phi) is 7.71. The molecule has 26 heavy (non-hydrogen) atoms. The predicted octanol–water partition coefficient (Wildman–Crippen LogP) is 5.56. The Labute approximate surface area is 162 Å². The summed E-state index contributed by atoms with van der Waals surface area (Å²) in [6, 6.07) is 0. The van der Waals surface area contributed by atoms with Crippen LogP contribution in [-0.2, 0) is 18.7 Å². The fraction of sp³-hybridized carbons (Fsp3) is 0.952. The van der Waals surface area contributed by atoms with Crippen molar-refractivity contribution < 1.29 is 18.7 Å². The smallest absolute Gasteiger partial charge is 0.192 e. The van der Waals surface area contributed by atoms with Crippen LogP contribution in [0, 0.1) is 11.3 Å². The number of hydrogen-bond donors (Lipinski definition) is 0. The first-order valence-electron chi connectivity index (χ1n) is 9.97. The van der Waals surface area contributed by atoms with Gasteiger partial charge in [0.15, 0.2) is 8.32 Å². The number of methoxy groups -OCH3 is 1. The number of ketones is 1. The van der Waals surface area contributed by atoms with Crippen LogP contribution in [-0.4, -0.2) is 39.7 Å². The van der Waals surface area contributed by atoms with Gasteiger partial charge in [-0.3, -0.25) is 0 Å². The lowest BCUT2D eigenvalue weighted by molar-refractivity contribution is -0.206. The van der Waals surface area contributed by atoms with Crippen LogP contribution in [0.1, 0.15) is 74.1 Å². The van der Waals surface area contributed by atoms with Crippen LogP contribution in [0.2, 0.25) is 18.1 Å². The molecule has 0 aromatic rings. The molecule has 0 unspecified atom stereocenters. The number of carbonyl (C=O) groups is 1. The predicted molar refractivity (Wildman–Crippen MR) is 110 cm³/mol. The molecule has 0 aliphatic heterocycles. The van der Waals surface area contributed by atoms with Crippen molar-refractivity contribution in [1.29, 1.82) is 0 Å². The zero-order chi connectivity index (χ0) is 20.4. The second kappa shape index (κ2) is 8.42. The molecule has 0 amide bonds. The van der Waals surface area contributed by atoms with E-state index in [4.69, 9.17) is 13.9 Å². The molecular weight excluding hydrogens is 344 g/mol. The molecule has 1 saturated carbocycles. The third kappa shape index (κ3) is 5.40. The van der Waals surface area contributed by atoms with Gasteiger partial charge in [0.05, 0.1) is 11.7 Å². The zero-order valence-corrected chi connectivity index (χ0v) is 19.8. The van der Waals surface area contributed by atoms with Crippen molar-refractivity contribution in [2.75, 3.05) is 13.9 Å². The summed E-state index contributed by atoms with van der Waals surface area (Å²) >= 11 is 0. The molecule has 1 aliphatic carbocycles. The Morgan fingerprint density at radius 2 is 1.77 bits per heavy atom. The SMILES string of the molecule is COCO[C@]1(C)CC[C@@H](O[Si](C)(C)C(C)(C)C)C(C)(C)[C@H]1CCC(C)=O. The molecule has 3 atom stereocenters. The summed E-state index contributed by atoms with van der Waals surface area (Å²) in [7, 11) is -0.202. The monoisotopic (exact) mass is 386 g/mol. The van der Waals surface area contributed by atoms with E-state index in [0.717, 1.165) is 19.3 Å². The Hall–Kier alpha value is -0.233. The van der Waals surface area contributed by atoms with Gasteiger partial charge in [-0.15, -0.1) is 0 Å². The van der Waals surface area contributed by atoms with Gasteiger partial charge in [0, 0.05) is 13.5 Å². The van der Waals surface area contributed by atoms with E-state index < -0.39 is 8.32 Å². The van der Waals surface area contributed by atoms with Gasteiger partial charge in [0.25, 0.3) is 0 Å². The summed E-state index contributed by atoms with van der Waals surface area (Å²) in [4.78, 5) is 11.7. The maximum Gasteiger partial charge on any atom is 0.192 e. The average Bonchev–Trinajstić information content (AvgIpc) is 2.46. The Morgan fingerprint density at radius 3 is 2.23 bits per heavy atom. The normalized spacial score (nSPS) is 29.6. The van der Waals surface area contributed by atoms with Gasteiger partial charge in [0.1, 0.15) is 12.6 Å². The lowest BCUT2D eigenvalue weighted by Crippen LogP contribution is -2.58. The van der Waals surface area contributed by atoms with Crippen LogP contribution in [0.5, 0.6) is 0 Å². The summed E-state index contributed by atoms with van der Waals surface area (Å²) in [6.07, 6.45) is 3.53. The van der Waals surface area contributed by atoms with E-state index in [1.165, 1.54) is 0 Å². The van der Waals surface area contributed by atoms with E-state index in [1.54, 1.807) is 14.0 Å². The second-order valence-electron chi connectivity index (χ2n) is 10.4. The topological polar surface area (TPSA) is 44.8 Å². The Balaban J connectivity index is 3.11. The molecule has 0 aromatic carbocycles. The lowest BCUT2D eigenvalue weighted by atomic mass is 9.59. The van der Waals surface area contributed by atoms with E-state index in [2.05, 4.69) is 54.6 Å². The van der Waals surface area contributed by atoms with Crippen molar-refractivity contribution in [3.05, 3.63) is 0 Å². The minimum atomic E-state index is -1.86. The van der Waals surface area contributed by atoms with Crippen molar-refractivity contribution >= 4 is 14.1 Å². The fourth-order valence-corrected chi connectivity index (χ4v) is 5.60. The molecule has 1 fully saturated rings. The highest BCUT2D eigenvalue weighted by atomic mass is 28.4. The van der Waals surface area contributed by atoms with Crippen LogP contribution in [0.15, 0.2) is 0 Å². The molecule has 0 heterocycles. The zero-order valence-electron chi connectivity index (χ0n) is 18.8. The van der Waals surface area contributed by atoms with Gasteiger partial charge in [-0.1, -0.05) is 34.6 Å². The van der Waals surface area contributed by atoms with Gasteiger partial charge >= 0.3 is 0 Å². The average molecular weight is 387 g/mol. The van der Waals surface area contributed by atoms with E-state index in [1.807, 2.05) is 0 Å². The summed E-state index contributed by atoms with van der Waals surface area (Å²) in [5, 5.41) is 0.186. The molecule has 4 nitrogen and oxygen atoms in total. The first-order valence-corrected chi connectivity index (χ1v) is 12.9. The molecule has 5 heteroatoms. The summed E-state index contributed by atoms with van der Waals surface area (Å²) in [5.41, 5.74) is -0.353. The van der Waals surface area contributed by atoms with Gasteiger partial charge in [0.2, 0.25) is 0 Å². The van der Waals surface area contributed by atoms with Crippen LogP contribution in [0.3, 0.4) is 0 Å². The highest BCUT2D eigenvalue weighted by Gasteiger charge is 2.54. The highest BCUT2D eigenvalue weighted by molar-refractivity contribution is 6.74. The van der Waals surface area contributed by atoms with E-state index >= 15 is 0 Å². The maximum absolute atomic E-state index is 11.7. The molecule has 0 saturated heterocycles. The number of Topliss-reactive ketones (excluding diaryl/α,β-unsaturated/α-hetero) is 1. The molecule has 0 radical (unpaired) electrons. The number of hydrogen-bond acceptors (Lipinski definition) is 4. The standard InChI is InChI=1S/C21H42O4Si/c1-16(22)11-12-17-20(5,6)18(25-26(9,10)19(2,3)4)13-14-21(17,7)24-15-23-8/h17-18H,11-15H2,1-10H3/t17-,18-,21-/m1/s1. The van der Waals surface area contributed by atoms with E-state index in [-0.39, 0.29) is 40.7 Å². The first-order chi connectivity index (χ1) is 11.7. The summed E-state index contributed by atoms with van der Waals surface area (Å²) in [5.74, 6) is 0.486. The lowest BCUT2D eigenvalue weighted by Gasteiger charge is -2.56. The van der Waals surface area contributed by atoms with Crippen LogP contribution in [0.4, 0.5) is 0 Å². The Bertz CT molecular complexity index is 481. The highest BCUT2D eigenvalue weighted by Crippen LogP contribution is 2.53. The number of ether oxygens (including phenoxy) is 2. The van der Waals surface area contributed by atoms with Crippen LogP contribution >= 0.6 is 0 Å². The molecule has 1 rings (SSSR count). The van der Waals surface area contributed by atoms with Gasteiger partial charge < -0.3 is 18.7 Å². The Morgan fingerprint density at radius 1 is 1.19 bits per heavy atom. The van der Waals surface area contributed by atoms with Crippen molar-refractivity contribution in [3.63, 3.8) is 0 Å². The third-order valence-electron chi connectivity index (χ3n) is 6.90. The number of carbonyl (C=O) groups excluding carboxylic acids is 1. The fourth-order valence-electron chi connectivity index (χ4n) is 4.11. The third-order valence-corrected chi connectivity index (χ3v) is 11.4. The van der Waals surface area contributed by atoms with Crippen molar-refractivity contribution in [2.24, 2.45) is 11.3 Å². The molecule has 0 N–H and O–H groups in total. The van der Waals surface area contributed by atoms with Crippen LogP contribution < -0.4 is 0 Å². The molecule has 0 aromatic heterocycles. The molecular formula is C21H42O4Si. The van der Waals surface area contributed by atoms with Crippen molar-refractivity contribution in [3.8, 4) is 0 Å². The van der Waals surface area contributed by atoms with Crippen LogP contribution in [0.25, 0.3) is 0 Å². The van der Waals surface area contributed by atoms with Crippen molar-refractivity contribution in [2.45, 2.75) is 104 Å². The maximum atomic E-state index is 11.7. The largest absolute Gasteiger partial charge is 0.413 e.